The second-order valence-corrected chi connectivity index (χ2v) is 9.91. The molecule has 6 nitrogen and oxygen atoms in total. The van der Waals surface area contributed by atoms with Gasteiger partial charge >= 0.3 is 12.3 Å². The number of halogens is 3. The maximum atomic E-state index is 13.9. The molecule has 1 atom stereocenters. The minimum Gasteiger partial charge on any atom is -0.465 e. The standard InChI is InChI=1S/C26H28F3N3O3/c1-25(2,3)19-12-7-16(8-13-19)6-9-17-10-11-18(15-20(17)26(27,28)29)22-30-23(35-31-22)21-5-4-14-32(21)24(33)34/h7-8,10-13,15,21H,4-6,9,14H2,1-3H3,(H,33,34). The molecule has 0 aliphatic carbocycles. The van der Waals surface area contributed by atoms with Gasteiger partial charge in [-0.05, 0) is 53.9 Å². The minimum absolute atomic E-state index is 0.00654. The smallest absolute Gasteiger partial charge is 0.416 e. The monoisotopic (exact) mass is 487 g/mol. The zero-order valence-electron chi connectivity index (χ0n) is 19.9. The predicted octanol–water partition coefficient (Wildman–Crippen LogP) is 6.65. The predicted molar refractivity (Wildman–Crippen MR) is 124 cm³/mol. The van der Waals surface area contributed by atoms with E-state index in [9.17, 15) is 23.1 Å². The van der Waals surface area contributed by atoms with Crippen molar-refractivity contribution < 1.29 is 27.6 Å². The molecule has 2 aromatic carbocycles. The number of hydrogen-bond acceptors (Lipinski definition) is 4. The molecule has 35 heavy (non-hydrogen) atoms. The van der Waals surface area contributed by atoms with Crippen LogP contribution < -0.4 is 0 Å². The van der Waals surface area contributed by atoms with Crippen LogP contribution in [0.4, 0.5) is 18.0 Å². The van der Waals surface area contributed by atoms with Gasteiger partial charge in [0.1, 0.15) is 6.04 Å². The van der Waals surface area contributed by atoms with E-state index in [2.05, 4.69) is 30.9 Å². The minimum atomic E-state index is -4.54. The Labute approximate surface area is 201 Å². The maximum absolute atomic E-state index is 13.9. The highest BCUT2D eigenvalue weighted by Crippen LogP contribution is 2.36. The molecular formula is C26H28F3N3O3. The molecule has 1 aliphatic rings. The first-order valence-electron chi connectivity index (χ1n) is 11.6. The molecule has 4 rings (SSSR count). The molecule has 0 saturated carbocycles. The van der Waals surface area contributed by atoms with E-state index in [0.29, 0.717) is 25.8 Å². The number of rotatable bonds is 5. The van der Waals surface area contributed by atoms with Gasteiger partial charge in [0.05, 0.1) is 5.56 Å². The van der Waals surface area contributed by atoms with E-state index in [1.54, 1.807) is 6.07 Å². The fourth-order valence-corrected chi connectivity index (χ4v) is 4.39. The van der Waals surface area contributed by atoms with E-state index < -0.39 is 23.9 Å². The largest absolute Gasteiger partial charge is 0.465 e. The first-order valence-corrected chi connectivity index (χ1v) is 11.6. The van der Waals surface area contributed by atoms with E-state index in [1.807, 2.05) is 24.3 Å². The summed E-state index contributed by atoms with van der Waals surface area (Å²) in [6.07, 6.45) is -3.75. The molecule has 1 N–H and O–H groups in total. The zero-order chi connectivity index (χ0) is 25.4. The Bertz CT molecular complexity index is 1200. The molecule has 1 unspecified atom stereocenters. The summed E-state index contributed by atoms with van der Waals surface area (Å²) < 4.78 is 47.0. The molecule has 1 saturated heterocycles. The number of hydrogen-bond donors (Lipinski definition) is 1. The Morgan fingerprint density at radius 2 is 1.83 bits per heavy atom. The summed E-state index contributed by atoms with van der Waals surface area (Å²) in [5.41, 5.74) is 1.78. The van der Waals surface area contributed by atoms with Crippen molar-refractivity contribution in [2.24, 2.45) is 0 Å². The summed E-state index contributed by atoms with van der Waals surface area (Å²) in [7, 11) is 0. The number of carbonyl (C=O) groups is 1. The molecule has 1 aliphatic heterocycles. The fourth-order valence-electron chi connectivity index (χ4n) is 4.39. The molecule has 0 radical (unpaired) electrons. The number of aromatic nitrogens is 2. The highest BCUT2D eigenvalue weighted by molar-refractivity contribution is 5.66. The molecule has 186 valence electrons. The van der Waals surface area contributed by atoms with Gasteiger partial charge in [0, 0.05) is 12.1 Å². The Morgan fingerprint density at radius 1 is 1.11 bits per heavy atom. The third-order valence-corrected chi connectivity index (χ3v) is 6.40. The molecular weight excluding hydrogens is 459 g/mol. The van der Waals surface area contributed by atoms with Crippen LogP contribution in [0.25, 0.3) is 11.4 Å². The lowest BCUT2D eigenvalue weighted by atomic mass is 9.86. The number of carboxylic acid groups (broad SMARTS) is 1. The summed E-state index contributed by atoms with van der Waals surface area (Å²) >= 11 is 0. The Kier molecular flexibility index (Phi) is 6.62. The zero-order valence-corrected chi connectivity index (χ0v) is 19.9. The van der Waals surface area contributed by atoms with Gasteiger partial charge in [-0.3, -0.25) is 4.90 Å². The van der Waals surface area contributed by atoms with Gasteiger partial charge < -0.3 is 9.63 Å². The van der Waals surface area contributed by atoms with Crippen LogP contribution in [-0.4, -0.2) is 32.8 Å². The summed E-state index contributed by atoms with van der Waals surface area (Å²) in [6.45, 7) is 6.69. The average molecular weight is 488 g/mol. The van der Waals surface area contributed by atoms with Crippen LogP contribution in [0.5, 0.6) is 0 Å². The summed E-state index contributed by atoms with van der Waals surface area (Å²) in [6, 6.07) is 11.4. The van der Waals surface area contributed by atoms with Crippen molar-refractivity contribution in [2.45, 2.75) is 64.1 Å². The molecule has 0 spiro atoms. The lowest BCUT2D eigenvalue weighted by Crippen LogP contribution is -2.28. The van der Waals surface area contributed by atoms with Crippen molar-refractivity contribution in [3.8, 4) is 11.4 Å². The van der Waals surface area contributed by atoms with Crippen LogP contribution in [0.15, 0.2) is 47.0 Å². The number of likely N-dealkylation sites (tertiary alicyclic amines) is 1. The number of amides is 1. The number of nitrogens with zero attached hydrogens (tertiary/aromatic N) is 3. The van der Waals surface area contributed by atoms with Crippen LogP contribution in [0.3, 0.4) is 0 Å². The van der Waals surface area contributed by atoms with Gasteiger partial charge in [-0.1, -0.05) is 62.3 Å². The molecule has 3 aromatic rings. The number of aryl methyl sites for hydroxylation is 2. The van der Waals surface area contributed by atoms with Crippen LogP contribution in [0, 0.1) is 0 Å². The molecule has 9 heteroatoms. The molecule has 1 amide bonds. The topological polar surface area (TPSA) is 79.5 Å². The Hall–Kier alpha value is -3.36. The van der Waals surface area contributed by atoms with E-state index in [0.717, 1.165) is 11.6 Å². The average Bonchev–Trinajstić information content (AvgIpc) is 3.46. The van der Waals surface area contributed by atoms with E-state index in [1.165, 1.54) is 16.5 Å². The second-order valence-electron chi connectivity index (χ2n) is 9.91. The normalized spacial score (nSPS) is 16.6. The quantitative estimate of drug-likeness (QED) is 0.436. The Morgan fingerprint density at radius 3 is 2.46 bits per heavy atom. The van der Waals surface area contributed by atoms with Crippen molar-refractivity contribution in [3.05, 3.63) is 70.6 Å². The number of alkyl halides is 3. The molecule has 1 aromatic heterocycles. The van der Waals surface area contributed by atoms with E-state index >= 15 is 0 Å². The lowest BCUT2D eigenvalue weighted by Gasteiger charge is -2.19. The molecule has 0 bridgehead atoms. The van der Waals surface area contributed by atoms with E-state index in [-0.39, 0.29) is 34.7 Å². The third-order valence-electron chi connectivity index (χ3n) is 6.40. The first-order chi connectivity index (χ1) is 16.4. The maximum Gasteiger partial charge on any atom is 0.416 e. The highest BCUT2D eigenvalue weighted by atomic mass is 19.4. The summed E-state index contributed by atoms with van der Waals surface area (Å²) in [5, 5.41) is 13.1. The highest BCUT2D eigenvalue weighted by Gasteiger charge is 2.36. The van der Waals surface area contributed by atoms with Crippen molar-refractivity contribution in [1.82, 2.24) is 15.0 Å². The second kappa shape index (κ2) is 9.36. The van der Waals surface area contributed by atoms with Crippen LogP contribution in [0.2, 0.25) is 0 Å². The number of benzene rings is 2. The molecule has 2 heterocycles. The SMILES string of the molecule is CC(C)(C)c1ccc(CCc2ccc(-c3noc(C4CCCN4C(=O)O)n3)cc2C(F)(F)F)cc1. The summed E-state index contributed by atoms with van der Waals surface area (Å²) in [5.74, 6) is 0.100. The van der Waals surface area contributed by atoms with Crippen molar-refractivity contribution >= 4 is 6.09 Å². The van der Waals surface area contributed by atoms with Gasteiger partial charge in [0.25, 0.3) is 0 Å². The van der Waals surface area contributed by atoms with E-state index in [4.69, 9.17) is 4.52 Å². The van der Waals surface area contributed by atoms with Crippen molar-refractivity contribution in [2.75, 3.05) is 6.54 Å². The van der Waals surface area contributed by atoms with Gasteiger partial charge in [-0.2, -0.15) is 18.2 Å². The van der Waals surface area contributed by atoms with Gasteiger partial charge in [0.2, 0.25) is 11.7 Å². The summed E-state index contributed by atoms with van der Waals surface area (Å²) in [4.78, 5) is 16.8. The van der Waals surface area contributed by atoms with Crippen LogP contribution in [-0.2, 0) is 24.4 Å². The third kappa shape index (κ3) is 5.49. The fraction of sp³-hybridized carbons (Fsp3) is 0.423. The van der Waals surface area contributed by atoms with Crippen LogP contribution >= 0.6 is 0 Å². The molecule has 1 fully saturated rings. The lowest BCUT2D eigenvalue weighted by molar-refractivity contribution is -0.138. The van der Waals surface area contributed by atoms with Gasteiger partial charge in [-0.25, -0.2) is 4.79 Å². The first kappa shape index (κ1) is 24.8. The van der Waals surface area contributed by atoms with Crippen molar-refractivity contribution in [1.29, 1.82) is 0 Å². The Balaban J connectivity index is 1.55. The van der Waals surface area contributed by atoms with Gasteiger partial charge in [0.15, 0.2) is 0 Å². The van der Waals surface area contributed by atoms with Crippen molar-refractivity contribution in [3.63, 3.8) is 0 Å². The van der Waals surface area contributed by atoms with Gasteiger partial charge in [-0.15, -0.1) is 0 Å². The van der Waals surface area contributed by atoms with Crippen LogP contribution in [0.1, 0.15) is 67.8 Å².